The van der Waals surface area contributed by atoms with Crippen molar-refractivity contribution < 1.29 is 14.7 Å². The maximum absolute atomic E-state index is 11.9. The summed E-state index contributed by atoms with van der Waals surface area (Å²) in [5, 5.41) is 11.8. The zero-order chi connectivity index (χ0) is 13.8. The number of carbonyl (C=O) groups is 2. The lowest BCUT2D eigenvalue weighted by atomic mass is 10.2. The number of hydrogen-bond donors (Lipinski definition) is 3. The normalized spacial score (nSPS) is 10.1. The molecule has 0 aliphatic carbocycles. The van der Waals surface area contributed by atoms with Gasteiger partial charge in [-0.3, -0.25) is 4.79 Å². The molecule has 1 heterocycles. The van der Waals surface area contributed by atoms with E-state index in [9.17, 15) is 9.59 Å². The molecule has 4 N–H and O–H groups in total. The van der Waals surface area contributed by atoms with Crippen LogP contribution in [0.5, 0.6) is 0 Å². The molecule has 0 amide bonds. The van der Waals surface area contributed by atoms with Gasteiger partial charge < -0.3 is 16.2 Å². The Morgan fingerprint density at radius 3 is 2.58 bits per heavy atom. The van der Waals surface area contributed by atoms with Crippen molar-refractivity contribution in [3.63, 3.8) is 0 Å². The molecule has 7 heteroatoms. The fourth-order valence-corrected chi connectivity index (χ4v) is 2.13. The third-order valence-corrected chi connectivity index (χ3v) is 3.26. The fourth-order valence-electron chi connectivity index (χ4n) is 1.47. The number of para-hydroxylation sites is 1. The molecule has 6 nitrogen and oxygen atoms in total. The molecule has 0 unspecified atom stereocenters. The Kier molecular flexibility index (Phi) is 3.76. The number of nitrogens with zero attached hydrogens (tertiary/aromatic N) is 1. The number of carbonyl (C=O) groups excluding carboxylic acids is 1. The summed E-state index contributed by atoms with van der Waals surface area (Å²) in [6.45, 7) is 0.0109. The fraction of sp³-hybridized carbons (Fsp3) is 0.0833. The van der Waals surface area contributed by atoms with E-state index in [0.29, 0.717) is 11.5 Å². The van der Waals surface area contributed by atoms with Crippen LogP contribution in [0.2, 0.25) is 0 Å². The molecule has 0 aliphatic heterocycles. The van der Waals surface area contributed by atoms with Crippen molar-refractivity contribution >= 4 is 34.7 Å². The summed E-state index contributed by atoms with van der Waals surface area (Å²) in [5.74, 6) is -1.52. The van der Waals surface area contributed by atoms with E-state index in [1.807, 2.05) is 30.3 Å². The molecule has 2 aromatic rings. The van der Waals surface area contributed by atoms with Crippen molar-refractivity contribution in [1.82, 2.24) is 4.37 Å². The van der Waals surface area contributed by atoms with Crippen LogP contribution in [-0.2, 0) is 0 Å². The molecule has 1 aromatic carbocycles. The lowest BCUT2D eigenvalue weighted by Gasteiger charge is -2.04. The van der Waals surface area contributed by atoms with E-state index >= 15 is 0 Å². The van der Waals surface area contributed by atoms with Crippen LogP contribution in [0.3, 0.4) is 0 Å². The second-order valence-corrected chi connectivity index (χ2v) is 4.50. The van der Waals surface area contributed by atoms with Gasteiger partial charge in [0.05, 0.1) is 12.2 Å². The minimum absolute atomic E-state index is 0.00540. The minimum atomic E-state index is -1.18. The van der Waals surface area contributed by atoms with Crippen molar-refractivity contribution in [2.45, 2.75) is 0 Å². The smallest absolute Gasteiger partial charge is 0.349 e. The number of nitrogens with one attached hydrogen (secondary N) is 1. The van der Waals surface area contributed by atoms with E-state index in [2.05, 4.69) is 9.69 Å². The van der Waals surface area contributed by atoms with Crippen LogP contribution in [0.4, 0.5) is 11.4 Å². The third-order valence-electron chi connectivity index (χ3n) is 2.41. The molecule has 0 radical (unpaired) electrons. The van der Waals surface area contributed by atoms with Crippen LogP contribution in [0.25, 0.3) is 0 Å². The first-order valence-corrected chi connectivity index (χ1v) is 6.17. The summed E-state index contributed by atoms with van der Waals surface area (Å²) in [6, 6.07) is 9.18. The van der Waals surface area contributed by atoms with Gasteiger partial charge in [0.15, 0.2) is 4.88 Å². The van der Waals surface area contributed by atoms with E-state index < -0.39 is 5.97 Å². The van der Waals surface area contributed by atoms with Crippen LogP contribution in [0.15, 0.2) is 30.3 Å². The van der Waals surface area contributed by atoms with Gasteiger partial charge in [-0.1, -0.05) is 18.2 Å². The minimum Gasteiger partial charge on any atom is -0.477 e. The Morgan fingerprint density at radius 2 is 2.00 bits per heavy atom. The number of nitrogen functional groups attached to an aromatic ring is 1. The van der Waals surface area contributed by atoms with Crippen molar-refractivity contribution in [3.05, 3.63) is 40.9 Å². The van der Waals surface area contributed by atoms with Crippen molar-refractivity contribution in [3.8, 4) is 0 Å². The zero-order valence-electron chi connectivity index (χ0n) is 9.79. The van der Waals surface area contributed by atoms with Crippen molar-refractivity contribution in [2.24, 2.45) is 0 Å². The summed E-state index contributed by atoms with van der Waals surface area (Å²) in [6.07, 6.45) is 0. The van der Waals surface area contributed by atoms with Gasteiger partial charge in [0, 0.05) is 5.69 Å². The van der Waals surface area contributed by atoms with Crippen LogP contribution in [-0.4, -0.2) is 27.8 Å². The summed E-state index contributed by atoms with van der Waals surface area (Å²) >= 11 is 0.711. The predicted molar refractivity (Wildman–Crippen MR) is 72.7 cm³/mol. The van der Waals surface area contributed by atoms with E-state index in [0.717, 1.165) is 5.69 Å². The molecule has 0 saturated carbocycles. The summed E-state index contributed by atoms with van der Waals surface area (Å²) in [7, 11) is 0. The van der Waals surface area contributed by atoms with Crippen LogP contribution < -0.4 is 11.1 Å². The molecule has 0 spiro atoms. The number of rotatable bonds is 5. The SMILES string of the molecule is Nc1c(C(=O)CNc2ccccc2)nsc1C(=O)O. The van der Waals surface area contributed by atoms with Gasteiger partial charge in [-0.2, -0.15) is 4.37 Å². The van der Waals surface area contributed by atoms with Crippen LogP contribution >= 0.6 is 11.5 Å². The van der Waals surface area contributed by atoms with Gasteiger partial charge in [-0.15, -0.1) is 0 Å². The quantitative estimate of drug-likeness (QED) is 0.719. The number of anilines is 2. The number of aromatic carboxylic acids is 1. The second-order valence-electron chi connectivity index (χ2n) is 3.72. The molecular formula is C12H11N3O3S. The van der Waals surface area contributed by atoms with Crippen LogP contribution in [0, 0.1) is 0 Å². The lowest BCUT2D eigenvalue weighted by molar-refractivity contribution is 0.0703. The first-order valence-electron chi connectivity index (χ1n) is 5.40. The number of carboxylic acid groups (broad SMARTS) is 1. The van der Waals surface area contributed by atoms with E-state index in [-0.39, 0.29) is 28.6 Å². The molecule has 0 atom stereocenters. The second kappa shape index (κ2) is 5.49. The number of benzene rings is 1. The van der Waals surface area contributed by atoms with Crippen molar-refractivity contribution in [2.75, 3.05) is 17.6 Å². The van der Waals surface area contributed by atoms with Gasteiger partial charge in [-0.25, -0.2) is 4.79 Å². The Labute approximate surface area is 113 Å². The first-order chi connectivity index (χ1) is 9.09. The molecule has 2 rings (SSSR count). The number of carboxylic acids is 1. The molecular weight excluding hydrogens is 266 g/mol. The molecule has 0 saturated heterocycles. The molecule has 1 aromatic heterocycles. The number of Topliss-reactive ketones (excluding diaryl/α,β-unsaturated/α-hetero) is 1. The third kappa shape index (κ3) is 2.89. The molecule has 0 aliphatic rings. The highest BCUT2D eigenvalue weighted by Gasteiger charge is 2.21. The highest BCUT2D eigenvalue weighted by Crippen LogP contribution is 2.22. The predicted octanol–water partition coefficient (Wildman–Crippen LogP) is 1.72. The summed E-state index contributed by atoms with van der Waals surface area (Å²) < 4.78 is 3.80. The standard InChI is InChI=1S/C12H11N3O3S/c13-9-10(15-19-11(9)12(17)18)8(16)6-14-7-4-2-1-3-5-7/h1-5,14H,6,13H2,(H,17,18). The highest BCUT2D eigenvalue weighted by molar-refractivity contribution is 7.08. The first kappa shape index (κ1) is 13.0. The van der Waals surface area contributed by atoms with Gasteiger partial charge in [0.2, 0.25) is 5.78 Å². The van der Waals surface area contributed by atoms with Crippen LogP contribution in [0.1, 0.15) is 20.2 Å². The monoisotopic (exact) mass is 277 g/mol. The number of ketones is 1. The Morgan fingerprint density at radius 1 is 1.32 bits per heavy atom. The van der Waals surface area contributed by atoms with Gasteiger partial charge in [0.1, 0.15) is 5.69 Å². The largest absolute Gasteiger partial charge is 0.477 e. The topological polar surface area (TPSA) is 105 Å². The molecule has 0 bridgehead atoms. The van der Waals surface area contributed by atoms with E-state index in [1.54, 1.807) is 0 Å². The average Bonchev–Trinajstić information content (AvgIpc) is 2.79. The lowest BCUT2D eigenvalue weighted by Crippen LogP contribution is -2.16. The summed E-state index contributed by atoms with van der Waals surface area (Å²) in [5.41, 5.74) is 6.32. The number of hydrogen-bond acceptors (Lipinski definition) is 6. The molecule has 0 fully saturated rings. The van der Waals surface area contributed by atoms with Crippen molar-refractivity contribution in [1.29, 1.82) is 0 Å². The molecule has 98 valence electrons. The van der Waals surface area contributed by atoms with Gasteiger partial charge in [-0.05, 0) is 23.7 Å². The van der Waals surface area contributed by atoms with Gasteiger partial charge in [0.25, 0.3) is 0 Å². The zero-order valence-corrected chi connectivity index (χ0v) is 10.6. The maximum Gasteiger partial charge on any atom is 0.349 e. The maximum atomic E-state index is 11.9. The van der Waals surface area contributed by atoms with Gasteiger partial charge >= 0.3 is 5.97 Å². The summed E-state index contributed by atoms with van der Waals surface area (Å²) in [4.78, 5) is 22.6. The van der Waals surface area contributed by atoms with E-state index in [1.165, 1.54) is 0 Å². The highest BCUT2D eigenvalue weighted by atomic mass is 32.1. The van der Waals surface area contributed by atoms with E-state index in [4.69, 9.17) is 10.8 Å². The average molecular weight is 277 g/mol. The Balaban J connectivity index is 2.07. The molecule has 19 heavy (non-hydrogen) atoms. The Hall–Kier alpha value is -2.41. The number of nitrogens with two attached hydrogens (primary N) is 1. The number of aromatic nitrogens is 1. The Bertz CT molecular complexity index is 610.